The maximum atomic E-state index is 12.6. The van der Waals surface area contributed by atoms with E-state index in [9.17, 15) is 19.7 Å². The molecule has 3 aromatic rings. The van der Waals surface area contributed by atoms with Gasteiger partial charge in [-0.2, -0.15) is 0 Å². The fourth-order valence-electron chi connectivity index (χ4n) is 2.72. The Bertz CT molecular complexity index is 1080. The number of anilines is 1. The van der Waals surface area contributed by atoms with Gasteiger partial charge in [0.1, 0.15) is 0 Å². The van der Waals surface area contributed by atoms with Crippen LogP contribution in [0.5, 0.6) is 0 Å². The van der Waals surface area contributed by atoms with Crippen LogP contribution in [0.25, 0.3) is 6.08 Å². The Morgan fingerprint density at radius 3 is 2.27 bits per heavy atom. The number of carbonyl (C=O) groups is 2. The molecule has 0 spiro atoms. The number of rotatable bonds is 7. The van der Waals surface area contributed by atoms with Crippen LogP contribution in [0, 0.1) is 10.1 Å². The van der Waals surface area contributed by atoms with Crippen LogP contribution >= 0.6 is 0 Å². The first-order chi connectivity index (χ1) is 14.5. The average Bonchev–Trinajstić information content (AvgIpc) is 2.77. The molecule has 3 rings (SSSR count). The molecule has 0 unspecified atom stereocenters. The number of nitrogens with zero attached hydrogens (tertiary/aromatic N) is 1. The molecule has 0 fully saturated rings. The van der Waals surface area contributed by atoms with Crippen LogP contribution in [0.3, 0.4) is 0 Å². The number of benzene rings is 3. The number of carbonyl (C=O) groups excluding carboxylic acids is 2. The molecule has 0 saturated carbocycles. The Balaban J connectivity index is 1.64. The van der Waals surface area contributed by atoms with Crippen molar-refractivity contribution in [3.63, 3.8) is 0 Å². The Morgan fingerprint density at radius 1 is 0.900 bits per heavy atom. The molecule has 3 aromatic carbocycles. The van der Waals surface area contributed by atoms with E-state index in [1.54, 1.807) is 36.4 Å². The van der Waals surface area contributed by atoms with Gasteiger partial charge in [-0.3, -0.25) is 19.7 Å². The number of nitrogens with one attached hydrogen (secondary N) is 2. The average molecular weight is 401 g/mol. The van der Waals surface area contributed by atoms with Crippen LogP contribution in [-0.2, 0) is 11.3 Å². The third-order valence-electron chi connectivity index (χ3n) is 4.26. The lowest BCUT2D eigenvalue weighted by Crippen LogP contribution is -2.24. The van der Waals surface area contributed by atoms with E-state index in [-0.39, 0.29) is 11.6 Å². The van der Waals surface area contributed by atoms with E-state index in [0.717, 1.165) is 5.56 Å². The highest BCUT2D eigenvalue weighted by molar-refractivity contribution is 6.07. The highest BCUT2D eigenvalue weighted by Crippen LogP contribution is 2.16. The van der Waals surface area contributed by atoms with Crippen molar-refractivity contribution in [1.82, 2.24) is 5.32 Å². The van der Waals surface area contributed by atoms with Gasteiger partial charge < -0.3 is 10.6 Å². The molecule has 0 aromatic heterocycles. The molecule has 150 valence electrons. The van der Waals surface area contributed by atoms with Crippen molar-refractivity contribution in [2.75, 3.05) is 5.32 Å². The number of non-ortho nitro benzene ring substituents is 1. The molecule has 0 aliphatic carbocycles. The second kappa shape index (κ2) is 9.79. The number of para-hydroxylation sites is 1. The molecule has 0 aliphatic heterocycles. The van der Waals surface area contributed by atoms with Gasteiger partial charge in [-0.05, 0) is 41.5 Å². The molecule has 2 N–H and O–H groups in total. The third-order valence-corrected chi connectivity index (χ3v) is 4.26. The predicted octanol–water partition coefficient (Wildman–Crippen LogP) is 4.18. The van der Waals surface area contributed by atoms with Gasteiger partial charge in [-0.25, -0.2) is 0 Å². The highest BCUT2D eigenvalue weighted by Gasteiger charge is 2.12. The minimum absolute atomic E-state index is 0.0213. The Morgan fingerprint density at radius 2 is 1.57 bits per heavy atom. The predicted molar refractivity (Wildman–Crippen MR) is 115 cm³/mol. The summed E-state index contributed by atoms with van der Waals surface area (Å²) < 4.78 is 0. The SMILES string of the molecule is O=C(C=Cc1ccc([N+](=O)[O-])cc1)Nc1ccccc1C(=O)NCc1ccccc1. The van der Waals surface area contributed by atoms with Gasteiger partial charge in [0.15, 0.2) is 0 Å². The Hall–Kier alpha value is -4.26. The zero-order chi connectivity index (χ0) is 21.3. The van der Waals surface area contributed by atoms with Crippen LogP contribution in [0.4, 0.5) is 11.4 Å². The molecular weight excluding hydrogens is 382 g/mol. The van der Waals surface area contributed by atoms with E-state index in [0.29, 0.717) is 23.4 Å². The van der Waals surface area contributed by atoms with Crippen molar-refractivity contribution in [2.45, 2.75) is 6.54 Å². The molecule has 7 heteroatoms. The van der Waals surface area contributed by atoms with Gasteiger partial charge in [0.2, 0.25) is 5.91 Å². The molecule has 30 heavy (non-hydrogen) atoms. The molecule has 7 nitrogen and oxygen atoms in total. The van der Waals surface area contributed by atoms with Crippen molar-refractivity contribution in [2.24, 2.45) is 0 Å². The van der Waals surface area contributed by atoms with Crippen molar-refractivity contribution in [3.05, 3.63) is 112 Å². The number of hydrogen-bond donors (Lipinski definition) is 2. The summed E-state index contributed by atoms with van der Waals surface area (Å²) in [6.07, 6.45) is 2.84. The van der Waals surface area contributed by atoms with E-state index in [2.05, 4.69) is 10.6 Å². The summed E-state index contributed by atoms with van der Waals surface area (Å²) in [6.45, 7) is 0.377. The largest absolute Gasteiger partial charge is 0.348 e. The van der Waals surface area contributed by atoms with E-state index >= 15 is 0 Å². The lowest BCUT2D eigenvalue weighted by atomic mass is 10.1. The van der Waals surface area contributed by atoms with Crippen LogP contribution in [0.2, 0.25) is 0 Å². The normalized spacial score (nSPS) is 10.5. The van der Waals surface area contributed by atoms with Crippen molar-refractivity contribution < 1.29 is 14.5 Å². The van der Waals surface area contributed by atoms with Crippen molar-refractivity contribution in [3.8, 4) is 0 Å². The minimum atomic E-state index is -0.486. The summed E-state index contributed by atoms with van der Waals surface area (Å²) in [5, 5.41) is 16.2. The van der Waals surface area contributed by atoms with Crippen LogP contribution in [0.15, 0.2) is 84.9 Å². The molecule has 0 aliphatic rings. The summed E-state index contributed by atoms with van der Waals surface area (Å²) >= 11 is 0. The molecule has 0 saturated heterocycles. The van der Waals surface area contributed by atoms with Crippen molar-refractivity contribution in [1.29, 1.82) is 0 Å². The summed E-state index contributed by atoms with van der Waals surface area (Å²) in [4.78, 5) is 35.0. The van der Waals surface area contributed by atoms with Gasteiger partial charge in [0.05, 0.1) is 16.2 Å². The maximum Gasteiger partial charge on any atom is 0.269 e. The first kappa shape index (κ1) is 20.5. The van der Waals surface area contributed by atoms with Crippen LogP contribution in [0.1, 0.15) is 21.5 Å². The van der Waals surface area contributed by atoms with E-state index < -0.39 is 10.8 Å². The standard InChI is InChI=1S/C23H19N3O4/c27-22(15-12-17-10-13-19(14-11-17)26(29)30)25-21-9-5-4-8-20(21)23(28)24-16-18-6-2-1-3-7-18/h1-15H,16H2,(H,24,28)(H,25,27). The smallest absolute Gasteiger partial charge is 0.269 e. The summed E-state index contributed by atoms with van der Waals surface area (Å²) in [5.41, 5.74) is 2.34. The first-order valence-electron chi connectivity index (χ1n) is 9.17. The first-order valence-corrected chi connectivity index (χ1v) is 9.17. The van der Waals surface area contributed by atoms with Gasteiger partial charge in [-0.1, -0.05) is 42.5 Å². The van der Waals surface area contributed by atoms with E-state index in [1.165, 1.54) is 24.3 Å². The Kier molecular flexibility index (Phi) is 6.68. The number of amides is 2. The minimum Gasteiger partial charge on any atom is -0.348 e. The Labute approximate surface area is 173 Å². The summed E-state index contributed by atoms with van der Waals surface area (Å²) in [6, 6.07) is 22.1. The summed E-state index contributed by atoms with van der Waals surface area (Å²) in [5.74, 6) is -0.717. The maximum absolute atomic E-state index is 12.6. The second-order valence-electron chi connectivity index (χ2n) is 6.39. The van der Waals surface area contributed by atoms with E-state index in [1.807, 2.05) is 30.3 Å². The monoisotopic (exact) mass is 401 g/mol. The fourth-order valence-corrected chi connectivity index (χ4v) is 2.72. The number of hydrogen-bond acceptors (Lipinski definition) is 4. The zero-order valence-corrected chi connectivity index (χ0v) is 15.9. The molecule has 2 amide bonds. The van der Waals surface area contributed by atoms with E-state index in [4.69, 9.17) is 0 Å². The molecular formula is C23H19N3O4. The van der Waals surface area contributed by atoms with Crippen LogP contribution in [-0.4, -0.2) is 16.7 Å². The van der Waals surface area contributed by atoms with Gasteiger partial charge in [0.25, 0.3) is 11.6 Å². The molecule has 0 atom stereocenters. The quantitative estimate of drug-likeness (QED) is 0.352. The molecule has 0 bridgehead atoms. The van der Waals surface area contributed by atoms with Gasteiger partial charge in [0, 0.05) is 24.8 Å². The van der Waals surface area contributed by atoms with Crippen molar-refractivity contribution >= 4 is 29.3 Å². The fraction of sp³-hybridized carbons (Fsp3) is 0.0435. The van der Waals surface area contributed by atoms with Gasteiger partial charge >= 0.3 is 0 Å². The lowest BCUT2D eigenvalue weighted by Gasteiger charge is -2.10. The van der Waals surface area contributed by atoms with Crippen LogP contribution < -0.4 is 10.6 Å². The molecule has 0 radical (unpaired) electrons. The number of nitro benzene ring substituents is 1. The number of nitro groups is 1. The molecule has 0 heterocycles. The topological polar surface area (TPSA) is 101 Å². The zero-order valence-electron chi connectivity index (χ0n) is 15.9. The highest BCUT2D eigenvalue weighted by atomic mass is 16.6. The third kappa shape index (κ3) is 5.62. The summed E-state index contributed by atoms with van der Waals surface area (Å²) in [7, 11) is 0. The lowest BCUT2D eigenvalue weighted by molar-refractivity contribution is -0.384. The second-order valence-corrected chi connectivity index (χ2v) is 6.39. The van der Waals surface area contributed by atoms with Gasteiger partial charge in [-0.15, -0.1) is 0 Å².